The Labute approximate surface area is 150 Å². The van der Waals surface area contributed by atoms with Crippen molar-refractivity contribution in [1.29, 1.82) is 0 Å². The van der Waals surface area contributed by atoms with Crippen molar-refractivity contribution in [3.8, 4) is 5.75 Å². The largest absolute Gasteiger partial charge is 0.490 e. The molecule has 0 spiro atoms. The molecule has 1 fully saturated rings. The molecule has 4 rings (SSSR count). The molecule has 7 nitrogen and oxygen atoms in total. The summed E-state index contributed by atoms with van der Waals surface area (Å²) in [4.78, 5) is 24.0. The topological polar surface area (TPSA) is 88.5 Å². The fourth-order valence-electron chi connectivity index (χ4n) is 3.27. The van der Waals surface area contributed by atoms with Crippen LogP contribution in [0, 0.1) is 0 Å². The van der Waals surface area contributed by atoms with E-state index in [2.05, 4.69) is 15.5 Å². The van der Waals surface area contributed by atoms with Crippen LogP contribution in [0.4, 0.5) is 0 Å². The van der Waals surface area contributed by atoms with Crippen molar-refractivity contribution in [2.75, 3.05) is 0 Å². The SMILES string of the molecule is O=C(NCc1ccc(OC2CCCC2)cc1)c1cccn2c(=O)[nH]nc12. The molecule has 2 heterocycles. The number of nitrogens with zero attached hydrogens (tertiary/aromatic N) is 2. The molecule has 1 aromatic carbocycles. The molecule has 0 atom stereocenters. The summed E-state index contributed by atoms with van der Waals surface area (Å²) in [6, 6.07) is 11.1. The van der Waals surface area contributed by atoms with Gasteiger partial charge in [0.2, 0.25) is 0 Å². The van der Waals surface area contributed by atoms with Crippen molar-refractivity contribution in [2.45, 2.75) is 38.3 Å². The highest BCUT2D eigenvalue weighted by Gasteiger charge is 2.16. The minimum atomic E-state index is -0.368. The number of carbonyl (C=O) groups excluding carboxylic acids is 1. The summed E-state index contributed by atoms with van der Waals surface area (Å²) < 4.78 is 7.25. The van der Waals surface area contributed by atoms with Gasteiger partial charge in [-0.3, -0.25) is 4.79 Å². The van der Waals surface area contributed by atoms with Gasteiger partial charge in [0.05, 0.1) is 11.7 Å². The Morgan fingerprint density at radius 1 is 1.23 bits per heavy atom. The van der Waals surface area contributed by atoms with Gasteiger partial charge in [0.15, 0.2) is 5.65 Å². The van der Waals surface area contributed by atoms with E-state index in [0.717, 1.165) is 24.2 Å². The zero-order valence-electron chi connectivity index (χ0n) is 14.3. The van der Waals surface area contributed by atoms with E-state index in [-0.39, 0.29) is 11.6 Å². The highest BCUT2D eigenvalue weighted by Crippen LogP contribution is 2.24. The standard InChI is InChI=1S/C19H20N4O3/c24-18(16-6-3-11-23-17(16)21-22-19(23)25)20-12-13-7-9-15(10-8-13)26-14-4-1-2-5-14/h3,6-11,14H,1-2,4-5,12H2,(H,20,24)(H,22,25). The van der Waals surface area contributed by atoms with Crippen LogP contribution < -0.4 is 15.7 Å². The third kappa shape index (κ3) is 3.33. The first kappa shape index (κ1) is 16.4. The van der Waals surface area contributed by atoms with E-state index >= 15 is 0 Å². The van der Waals surface area contributed by atoms with Gasteiger partial charge in [0, 0.05) is 12.7 Å². The van der Waals surface area contributed by atoms with Crippen molar-refractivity contribution in [3.05, 3.63) is 64.2 Å². The van der Waals surface area contributed by atoms with Crippen LogP contribution in [0.25, 0.3) is 5.65 Å². The molecule has 1 amide bonds. The second-order valence-electron chi connectivity index (χ2n) is 6.50. The second-order valence-corrected chi connectivity index (χ2v) is 6.50. The van der Waals surface area contributed by atoms with E-state index in [9.17, 15) is 9.59 Å². The number of hydrogen-bond acceptors (Lipinski definition) is 4. The van der Waals surface area contributed by atoms with Gasteiger partial charge in [0.25, 0.3) is 5.91 Å². The van der Waals surface area contributed by atoms with Crippen molar-refractivity contribution >= 4 is 11.6 Å². The second kappa shape index (κ2) is 7.03. The summed E-state index contributed by atoms with van der Waals surface area (Å²) in [5.74, 6) is 0.591. The van der Waals surface area contributed by atoms with Crippen LogP contribution in [-0.2, 0) is 6.54 Å². The predicted octanol–water partition coefficient (Wildman–Crippen LogP) is 2.27. The van der Waals surface area contributed by atoms with Crippen LogP contribution in [0.1, 0.15) is 41.6 Å². The fraction of sp³-hybridized carbons (Fsp3) is 0.316. The highest BCUT2D eigenvalue weighted by atomic mass is 16.5. The van der Waals surface area contributed by atoms with E-state index in [4.69, 9.17) is 4.74 Å². The molecule has 0 aliphatic heterocycles. The van der Waals surface area contributed by atoms with E-state index in [1.165, 1.54) is 17.2 Å². The summed E-state index contributed by atoms with van der Waals surface area (Å²) in [7, 11) is 0. The quantitative estimate of drug-likeness (QED) is 0.737. The first-order valence-electron chi connectivity index (χ1n) is 8.80. The molecule has 0 saturated heterocycles. The molecule has 26 heavy (non-hydrogen) atoms. The molecule has 2 N–H and O–H groups in total. The molecular weight excluding hydrogens is 332 g/mol. The van der Waals surface area contributed by atoms with Gasteiger partial charge in [-0.1, -0.05) is 12.1 Å². The first-order valence-corrected chi connectivity index (χ1v) is 8.80. The van der Waals surface area contributed by atoms with Crippen molar-refractivity contribution in [2.24, 2.45) is 0 Å². The molecule has 0 bridgehead atoms. The fourth-order valence-corrected chi connectivity index (χ4v) is 3.27. The number of H-pyrrole nitrogens is 1. The van der Waals surface area contributed by atoms with Crippen molar-refractivity contribution < 1.29 is 9.53 Å². The van der Waals surface area contributed by atoms with Gasteiger partial charge >= 0.3 is 5.69 Å². The maximum atomic E-state index is 12.4. The average Bonchev–Trinajstić information content (AvgIpc) is 3.31. The van der Waals surface area contributed by atoms with Crippen molar-refractivity contribution in [3.63, 3.8) is 0 Å². The third-order valence-corrected chi connectivity index (χ3v) is 4.67. The van der Waals surface area contributed by atoms with Gasteiger partial charge < -0.3 is 10.1 Å². The molecule has 2 aromatic heterocycles. The van der Waals surface area contributed by atoms with E-state index in [0.29, 0.717) is 23.9 Å². The minimum Gasteiger partial charge on any atom is -0.490 e. The maximum absolute atomic E-state index is 12.4. The van der Waals surface area contributed by atoms with Gasteiger partial charge in [-0.25, -0.2) is 14.3 Å². The van der Waals surface area contributed by atoms with Crippen molar-refractivity contribution in [1.82, 2.24) is 19.9 Å². The number of hydrogen-bond donors (Lipinski definition) is 2. The number of benzene rings is 1. The monoisotopic (exact) mass is 352 g/mol. The number of carbonyl (C=O) groups is 1. The normalized spacial score (nSPS) is 14.6. The Bertz CT molecular complexity index is 968. The number of aromatic nitrogens is 3. The summed E-state index contributed by atoms with van der Waals surface area (Å²) in [5.41, 5.74) is 1.28. The molecule has 1 saturated carbocycles. The maximum Gasteiger partial charge on any atom is 0.347 e. The number of ether oxygens (including phenoxy) is 1. The third-order valence-electron chi connectivity index (χ3n) is 4.67. The minimum absolute atomic E-state index is 0.277. The van der Waals surface area contributed by atoms with Crippen LogP contribution in [0.2, 0.25) is 0 Å². The number of rotatable bonds is 5. The highest BCUT2D eigenvalue weighted by molar-refractivity contribution is 5.99. The Hall–Kier alpha value is -3.09. The van der Waals surface area contributed by atoms with Crippen LogP contribution in [-0.4, -0.2) is 26.6 Å². The van der Waals surface area contributed by atoms with E-state index < -0.39 is 0 Å². The Kier molecular flexibility index (Phi) is 4.43. The Balaban J connectivity index is 1.40. The van der Waals surface area contributed by atoms with E-state index in [1.54, 1.807) is 18.3 Å². The van der Waals surface area contributed by atoms with Crippen LogP contribution in [0.5, 0.6) is 5.75 Å². The summed E-state index contributed by atoms with van der Waals surface area (Å²) in [6.07, 6.45) is 6.63. The smallest absolute Gasteiger partial charge is 0.347 e. The molecular formula is C19H20N4O3. The number of fused-ring (bicyclic) bond motifs is 1. The molecule has 134 valence electrons. The number of nitrogens with one attached hydrogen (secondary N) is 2. The molecule has 7 heteroatoms. The lowest BCUT2D eigenvalue weighted by molar-refractivity contribution is 0.0952. The average molecular weight is 352 g/mol. The first-order chi connectivity index (χ1) is 12.7. The predicted molar refractivity (Wildman–Crippen MR) is 96.3 cm³/mol. The number of amides is 1. The summed E-state index contributed by atoms with van der Waals surface area (Å²) in [6.45, 7) is 0.387. The molecule has 1 aliphatic rings. The van der Waals surface area contributed by atoms with Gasteiger partial charge in [-0.15, -0.1) is 0 Å². The van der Waals surface area contributed by atoms with Gasteiger partial charge in [-0.2, -0.15) is 5.10 Å². The van der Waals surface area contributed by atoms with Crippen LogP contribution >= 0.6 is 0 Å². The lowest BCUT2D eigenvalue weighted by Gasteiger charge is -2.13. The van der Waals surface area contributed by atoms with E-state index in [1.807, 2.05) is 24.3 Å². The zero-order chi connectivity index (χ0) is 17.9. The number of pyridine rings is 1. The van der Waals surface area contributed by atoms with Gasteiger partial charge in [0.1, 0.15) is 5.75 Å². The lowest BCUT2D eigenvalue weighted by Crippen LogP contribution is -2.24. The zero-order valence-corrected chi connectivity index (χ0v) is 14.3. The summed E-state index contributed by atoms with van der Waals surface area (Å²) in [5, 5.41) is 9.11. The summed E-state index contributed by atoms with van der Waals surface area (Å²) >= 11 is 0. The number of aromatic amines is 1. The molecule has 0 unspecified atom stereocenters. The molecule has 3 aromatic rings. The Morgan fingerprint density at radius 3 is 2.77 bits per heavy atom. The van der Waals surface area contributed by atoms with Crippen LogP contribution in [0.15, 0.2) is 47.4 Å². The molecule has 0 radical (unpaired) electrons. The van der Waals surface area contributed by atoms with Crippen LogP contribution in [0.3, 0.4) is 0 Å². The lowest BCUT2D eigenvalue weighted by atomic mass is 10.2. The molecule has 1 aliphatic carbocycles. The van der Waals surface area contributed by atoms with Gasteiger partial charge in [-0.05, 0) is 55.5 Å². The Morgan fingerprint density at radius 2 is 2.00 bits per heavy atom.